The Balaban J connectivity index is 1.79. The van der Waals surface area contributed by atoms with Crippen LogP contribution in [0.3, 0.4) is 0 Å². The fourth-order valence-electron chi connectivity index (χ4n) is 2.69. The maximum atomic E-state index is 12.2. The number of nitrogens with zero attached hydrogens (tertiary/aromatic N) is 1. The summed E-state index contributed by atoms with van der Waals surface area (Å²) in [6.07, 6.45) is 1.67. The minimum absolute atomic E-state index is 0.0708. The van der Waals surface area contributed by atoms with Gasteiger partial charge in [0, 0.05) is 37.0 Å². The minimum Gasteiger partial charge on any atom is -0.495 e. The molecule has 1 saturated heterocycles. The summed E-state index contributed by atoms with van der Waals surface area (Å²) in [5.41, 5.74) is 6.06. The van der Waals surface area contributed by atoms with Crippen LogP contribution < -0.4 is 15.8 Å². The van der Waals surface area contributed by atoms with Gasteiger partial charge < -0.3 is 20.7 Å². The van der Waals surface area contributed by atoms with Crippen LogP contribution in [0.1, 0.15) is 19.3 Å². The molecule has 1 aliphatic heterocycles. The van der Waals surface area contributed by atoms with Crippen molar-refractivity contribution in [1.82, 2.24) is 4.90 Å². The first kappa shape index (κ1) is 17.4. The van der Waals surface area contributed by atoms with Gasteiger partial charge >= 0.3 is 0 Å². The third kappa shape index (κ3) is 4.76. The Morgan fingerprint density at radius 1 is 1.39 bits per heavy atom. The van der Waals surface area contributed by atoms with Crippen molar-refractivity contribution in [2.75, 3.05) is 32.1 Å². The Kier molecular flexibility index (Phi) is 6.10. The van der Waals surface area contributed by atoms with E-state index in [1.54, 1.807) is 30.2 Å². The summed E-state index contributed by atoms with van der Waals surface area (Å²) in [5.74, 6) is 0.380. The standard InChI is InChI=1S/C16H22ClN3O3/c1-23-14-3-2-12(17)10-13(14)19-7-4-15(21)20-8-5-11(6-9-20)16(18)22/h2-3,10-11,19H,4-9H2,1H3,(H2,18,22). The smallest absolute Gasteiger partial charge is 0.224 e. The maximum Gasteiger partial charge on any atom is 0.224 e. The van der Waals surface area contributed by atoms with E-state index in [9.17, 15) is 9.59 Å². The fourth-order valence-corrected chi connectivity index (χ4v) is 2.87. The summed E-state index contributed by atoms with van der Waals surface area (Å²) >= 11 is 5.97. The highest BCUT2D eigenvalue weighted by Crippen LogP contribution is 2.27. The van der Waals surface area contributed by atoms with E-state index in [-0.39, 0.29) is 17.7 Å². The fraction of sp³-hybridized carbons (Fsp3) is 0.500. The van der Waals surface area contributed by atoms with Gasteiger partial charge in [0.25, 0.3) is 0 Å². The van der Waals surface area contributed by atoms with Crippen molar-refractivity contribution < 1.29 is 14.3 Å². The van der Waals surface area contributed by atoms with Crippen LogP contribution >= 0.6 is 11.6 Å². The van der Waals surface area contributed by atoms with Crippen LogP contribution in [0.15, 0.2) is 18.2 Å². The van der Waals surface area contributed by atoms with E-state index >= 15 is 0 Å². The van der Waals surface area contributed by atoms with Crippen LogP contribution in [0.5, 0.6) is 5.75 Å². The van der Waals surface area contributed by atoms with Gasteiger partial charge in [-0.3, -0.25) is 9.59 Å². The van der Waals surface area contributed by atoms with Crippen LogP contribution in [-0.2, 0) is 9.59 Å². The first-order valence-corrected chi connectivity index (χ1v) is 8.03. The molecule has 2 rings (SSSR count). The highest BCUT2D eigenvalue weighted by Gasteiger charge is 2.25. The first-order chi connectivity index (χ1) is 11.0. The number of hydrogen-bond donors (Lipinski definition) is 2. The second-order valence-corrected chi connectivity index (χ2v) is 6.02. The lowest BCUT2D eigenvalue weighted by molar-refractivity contribution is -0.134. The van der Waals surface area contributed by atoms with Crippen LogP contribution in [0.25, 0.3) is 0 Å². The molecule has 0 saturated carbocycles. The lowest BCUT2D eigenvalue weighted by atomic mass is 9.96. The van der Waals surface area contributed by atoms with Gasteiger partial charge in [0.1, 0.15) is 5.75 Å². The molecule has 3 N–H and O–H groups in total. The molecule has 1 aliphatic rings. The predicted molar refractivity (Wildman–Crippen MR) is 89.6 cm³/mol. The molecule has 126 valence electrons. The second-order valence-electron chi connectivity index (χ2n) is 5.58. The topological polar surface area (TPSA) is 84.7 Å². The summed E-state index contributed by atoms with van der Waals surface area (Å²) in [7, 11) is 1.59. The number of nitrogens with one attached hydrogen (secondary N) is 1. The van der Waals surface area contributed by atoms with Crippen LogP contribution in [0, 0.1) is 5.92 Å². The van der Waals surface area contributed by atoms with Gasteiger partial charge in [-0.1, -0.05) is 11.6 Å². The number of hydrogen-bond acceptors (Lipinski definition) is 4. The summed E-state index contributed by atoms with van der Waals surface area (Å²) < 4.78 is 5.25. The number of rotatable bonds is 6. The van der Waals surface area contributed by atoms with Crippen LogP contribution in [0.4, 0.5) is 5.69 Å². The van der Waals surface area contributed by atoms with Gasteiger partial charge in [-0.05, 0) is 31.0 Å². The molecule has 0 unspecified atom stereocenters. The molecular weight excluding hydrogens is 318 g/mol. The number of likely N-dealkylation sites (tertiary alicyclic amines) is 1. The van der Waals surface area contributed by atoms with E-state index in [4.69, 9.17) is 22.1 Å². The highest BCUT2D eigenvalue weighted by atomic mass is 35.5. The number of ether oxygens (including phenoxy) is 1. The molecule has 1 heterocycles. The molecule has 0 atom stereocenters. The second kappa shape index (κ2) is 8.06. The van der Waals surface area contributed by atoms with Crippen molar-refractivity contribution in [1.29, 1.82) is 0 Å². The van der Waals surface area contributed by atoms with Crippen LogP contribution in [0.2, 0.25) is 5.02 Å². The number of piperidine rings is 1. The average Bonchev–Trinajstić information content (AvgIpc) is 2.55. The number of methoxy groups -OCH3 is 1. The Labute approximate surface area is 140 Å². The van der Waals surface area contributed by atoms with E-state index in [1.807, 2.05) is 0 Å². The molecule has 6 nitrogen and oxygen atoms in total. The molecule has 1 aromatic carbocycles. The number of primary amides is 1. The SMILES string of the molecule is COc1ccc(Cl)cc1NCCC(=O)N1CCC(C(N)=O)CC1. The predicted octanol–water partition coefficient (Wildman–Crippen LogP) is 1.87. The molecule has 0 aliphatic carbocycles. The van der Waals surface area contributed by atoms with Crippen molar-refractivity contribution >= 4 is 29.1 Å². The van der Waals surface area contributed by atoms with Gasteiger partial charge in [-0.25, -0.2) is 0 Å². The van der Waals surface area contributed by atoms with Gasteiger partial charge in [0.2, 0.25) is 11.8 Å². The minimum atomic E-state index is -0.271. The maximum absolute atomic E-state index is 12.2. The Bertz CT molecular complexity index is 572. The third-order valence-electron chi connectivity index (χ3n) is 4.07. The summed E-state index contributed by atoms with van der Waals surface area (Å²) in [4.78, 5) is 25.1. The molecule has 1 aromatic rings. The van der Waals surface area contributed by atoms with Gasteiger partial charge in [0.05, 0.1) is 12.8 Å². The molecule has 0 bridgehead atoms. The van der Waals surface area contributed by atoms with E-state index in [2.05, 4.69) is 5.32 Å². The zero-order chi connectivity index (χ0) is 16.8. The molecule has 1 fully saturated rings. The summed E-state index contributed by atoms with van der Waals surface area (Å²) in [6.45, 7) is 1.67. The molecule has 23 heavy (non-hydrogen) atoms. The van der Waals surface area contributed by atoms with Crippen molar-refractivity contribution in [2.24, 2.45) is 11.7 Å². The number of halogens is 1. The lowest BCUT2D eigenvalue weighted by Crippen LogP contribution is -2.42. The molecular formula is C16H22ClN3O3. The molecule has 0 radical (unpaired) electrons. The summed E-state index contributed by atoms with van der Waals surface area (Å²) in [6, 6.07) is 5.30. The monoisotopic (exact) mass is 339 g/mol. The number of carbonyl (C=O) groups excluding carboxylic acids is 2. The number of nitrogens with two attached hydrogens (primary N) is 1. The molecule has 2 amide bonds. The molecule has 0 aromatic heterocycles. The lowest BCUT2D eigenvalue weighted by Gasteiger charge is -2.30. The highest BCUT2D eigenvalue weighted by molar-refractivity contribution is 6.30. The first-order valence-electron chi connectivity index (χ1n) is 7.65. The van der Waals surface area contributed by atoms with Crippen LogP contribution in [-0.4, -0.2) is 43.5 Å². The third-order valence-corrected chi connectivity index (χ3v) is 4.30. The van der Waals surface area contributed by atoms with Gasteiger partial charge in [0.15, 0.2) is 0 Å². The van der Waals surface area contributed by atoms with Crippen molar-refractivity contribution in [2.45, 2.75) is 19.3 Å². The molecule has 7 heteroatoms. The largest absolute Gasteiger partial charge is 0.495 e. The van der Waals surface area contributed by atoms with E-state index in [0.717, 1.165) is 5.69 Å². The normalized spacial score (nSPS) is 15.3. The Morgan fingerprint density at radius 2 is 2.09 bits per heavy atom. The Morgan fingerprint density at radius 3 is 2.70 bits per heavy atom. The zero-order valence-electron chi connectivity index (χ0n) is 13.2. The van der Waals surface area contributed by atoms with E-state index in [0.29, 0.717) is 49.7 Å². The number of benzene rings is 1. The van der Waals surface area contributed by atoms with Crippen molar-refractivity contribution in [3.63, 3.8) is 0 Å². The zero-order valence-corrected chi connectivity index (χ0v) is 13.9. The number of carbonyl (C=O) groups is 2. The van der Waals surface area contributed by atoms with Gasteiger partial charge in [-0.15, -0.1) is 0 Å². The quantitative estimate of drug-likeness (QED) is 0.828. The Hall–Kier alpha value is -1.95. The number of anilines is 1. The molecule has 0 spiro atoms. The van der Waals surface area contributed by atoms with Gasteiger partial charge in [-0.2, -0.15) is 0 Å². The van der Waals surface area contributed by atoms with Crippen molar-refractivity contribution in [3.8, 4) is 5.75 Å². The van der Waals surface area contributed by atoms with Crippen molar-refractivity contribution in [3.05, 3.63) is 23.2 Å². The van der Waals surface area contributed by atoms with E-state index < -0.39 is 0 Å². The average molecular weight is 340 g/mol. The number of amides is 2. The summed E-state index contributed by atoms with van der Waals surface area (Å²) in [5, 5.41) is 3.78. The van der Waals surface area contributed by atoms with E-state index in [1.165, 1.54) is 0 Å².